The summed E-state index contributed by atoms with van der Waals surface area (Å²) in [5.74, 6) is 1.49. The smallest absolute Gasteiger partial charge is 0.177 e. The number of fused-ring (bicyclic) bond motifs is 1. The van der Waals surface area contributed by atoms with Crippen LogP contribution in [0.25, 0.3) is 28.2 Å². The summed E-state index contributed by atoms with van der Waals surface area (Å²) in [5, 5.41) is 8.80. The number of imidazole rings is 1. The van der Waals surface area contributed by atoms with Crippen LogP contribution < -0.4 is 4.74 Å². The van der Waals surface area contributed by atoms with Crippen LogP contribution in [0.15, 0.2) is 67.4 Å². The van der Waals surface area contributed by atoms with Gasteiger partial charge in [0.05, 0.1) is 25.5 Å². The van der Waals surface area contributed by atoms with E-state index in [-0.39, 0.29) is 0 Å². The highest BCUT2D eigenvalue weighted by molar-refractivity contribution is 5.79. The van der Waals surface area contributed by atoms with Gasteiger partial charge in [0.2, 0.25) is 0 Å². The molecule has 1 aromatic carbocycles. The van der Waals surface area contributed by atoms with Crippen molar-refractivity contribution in [1.29, 1.82) is 0 Å². The zero-order chi connectivity index (χ0) is 18.9. The van der Waals surface area contributed by atoms with E-state index in [0.717, 1.165) is 39.6 Å². The van der Waals surface area contributed by atoms with E-state index in [0.29, 0.717) is 6.54 Å². The van der Waals surface area contributed by atoms with Crippen molar-refractivity contribution in [3.63, 3.8) is 0 Å². The van der Waals surface area contributed by atoms with E-state index >= 15 is 0 Å². The number of pyridine rings is 1. The SMILES string of the molecule is COc1ccc(-n2cccn2)c(-c2nc3c(cnn3Cc3cccnc3)[nH]2)c1. The fraction of sp³-hybridized carbons (Fsp3) is 0.100. The maximum atomic E-state index is 5.41. The number of nitrogens with zero attached hydrogens (tertiary/aromatic N) is 6. The van der Waals surface area contributed by atoms with Gasteiger partial charge in [-0.25, -0.2) is 14.3 Å². The Morgan fingerprint density at radius 1 is 1.07 bits per heavy atom. The lowest BCUT2D eigenvalue weighted by Gasteiger charge is -2.10. The summed E-state index contributed by atoms with van der Waals surface area (Å²) in [5.41, 5.74) is 4.53. The molecule has 0 aliphatic heterocycles. The number of hydrogen-bond donors (Lipinski definition) is 1. The molecule has 5 aromatic rings. The molecule has 0 aliphatic carbocycles. The van der Waals surface area contributed by atoms with Gasteiger partial charge in [-0.1, -0.05) is 6.07 Å². The molecular formula is C20H17N7O. The summed E-state index contributed by atoms with van der Waals surface area (Å²) in [6, 6.07) is 11.7. The van der Waals surface area contributed by atoms with Gasteiger partial charge in [-0.05, 0) is 35.9 Å². The molecular weight excluding hydrogens is 354 g/mol. The zero-order valence-electron chi connectivity index (χ0n) is 15.1. The number of nitrogens with one attached hydrogen (secondary N) is 1. The standard InChI is InChI=1S/C20H17N7O/c1-28-15-5-6-18(26-9-3-8-22-26)16(10-15)19-24-17-12-23-27(20(17)25-19)13-14-4-2-7-21-11-14/h2-12H,13H2,1H3,(H,24,25). The van der Waals surface area contributed by atoms with Crippen LogP contribution in [0, 0.1) is 0 Å². The van der Waals surface area contributed by atoms with Gasteiger partial charge >= 0.3 is 0 Å². The van der Waals surface area contributed by atoms with Crippen LogP contribution in [0.1, 0.15) is 5.56 Å². The number of benzene rings is 1. The molecule has 5 rings (SSSR count). The van der Waals surface area contributed by atoms with Crippen molar-refractivity contribution in [3.8, 4) is 22.8 Å². The normalized spacial score (nSPS) is 11.2. The molecule has 8 heteroatoms. The zero-order valence-corrected chi connectivity index (χ0v) is 15.1. The first kappa shape index (κ1) is 16.2. The van der Waals surface area contributed by atoms with E-state index in [1.165, 1.54) is 0 Å². The molecule has 0 unspecified atom stereocenters. The number of ether oxygens (including phenoxy) is 1. The van der Waals surface area contributed by atoms with E-state index in [4.69, 9.17) is 9.72 Å². The van der Waals surface area contributed by atoms with Gasteiger partial charge in [0.15, 0.2) is 5.65 Å². The Hall–Kier alpha value is -3.94. The molecule has 4 aromatic heterocycles. The molecule has 0 amide bonds. The number of hydrogen-bond acceptors (Lipinski definition) is 5. The lowest BCUT2D eigenvalue weighted by atomic mass is 10.1. The fourth-order valence-electron chi connectivity index (χ4n) is 3.20. The quantitative estimate of drug-likeness (QED) is 0.513. The summed E-state index contributed by atoms with van der Waals surface area (Å²) in [7, 11) is 1.65. The molecule has 138 valence electrons. The average molecular weight is 371 g/mol. The molecule has 0 saturated heterocycles. The third kappa shape index (κ3) is 2.81. The van der Waals surface area contributed by atoms with Crippen LogP contribution in [0.3, 0.4) is 0 Å². The van der Waals surface area contributed by atoms with Crippen molar-refractivity contribution < 1.29 is 4.74 Å². The topological polar surface area (TPSA) is 86.4 Å². The summed E-state index contributed by atoms with van der Waals surface area (Å²) in [4.78, 5) is 12.3. The van der Waals surface area contributed by atoms with Crippen molar-refractivity contribution in [1.82, 2.24) is 34.5 Å². The van der Waals surface area contributed by atoms with Gasteiger partial charge in [0, 0.05) is 30.4 Å². The van der Waals surface area contributed by atoms with E-state index in [9.17, 15) is 0 Å². The number of methoxy groups -OCH3 is 1. The van der Waals surface area contributed by atoms with Crippen LogP contribution in [-0.2, 0) is 6.54 Å². The Morgan fingerprint density at radius 2 is 2.04 bits per heavy atom. The first-order chi connectivity index (χ1) is 13.8. The summed E-state index contributed by atoms with van der Waals surface area (Å²) >= 11 is 0. The van der Waals surface area contributed by atoms with E-state index in [1.54, 1.807) is 25.7 Å². The second-order valence-electron chi connectivity index (χ2n) is 6.32. The van der Waals surface area contributed by atoms with Crippen molar-refractivity contribution in [2.45, 2.75) is 6.54 Å². The van der Waals surface area contributed by atoms with Crippen LogP contribution >= 0.6 is 0 Å². The largest absolute Gasteiger partial charge is 0.497 e. The first-order valence-electron chi connectivity index (χ1n) is 8.80. The highest BCUT2D eigenvalue weighted by atomic mass is 16.5. The molecule has 4 heterocycles. The number of aromatic nitrogens is 7. The van der Waals surface area contributed by atoms with E-state index in [1.807, 2.05) is 58.2 Å². The predicted octanol–water partition coefficient (Wildman–Crippen LogP) is 3.06. The molecule has 0 radical (unpaired) electrons. The molecule has 8 nitrogen and oxygen atoms in total. The molecule has 0 spiro atoms. The molecule has 0 fully saturated rings. The fourth-order valence-corrected chi connectivity index (χ4v) is 3.20. The Balaban J connectivity index is 1.60. The highest BCUT2D eigenvalue weighted by Gasteiger charge is 2.16. The number of aromatic amines is 1. The summed E-state index contributed by atoms with van der Waals surface area (Å²) < 4.78 is 9.08. The minimum absolute atomic E-state index is 0.603. The number of H-pyrrole nitrogens is 1. The summed E-state index contributed by atoms with van der Waals surface area (Å²) in [6.07, 6.45) is 9.03. The molecule has 0 atom stereocenters. The maximum Gasteiger partial charge on any atom is 0.177 e. The lowest BCUT2D eigenvalue weighted by molar-refractivity contribution is 0.415. The van der Waals surface area contributed by atoms with Gasteiger partial charge in [0.25, 0.3) is 0 Å². The second-order valence-corrected chi connectivity index (χ2v) is 6.32. The van der Waals surface area contributed by atoms with Gasteiger partial charge < -0.3 is 9.72 Å². The Labute approximate surface area is 160 Å². The van der Waals surface area contributed by atoms with Crippen molar-refractivity contribution >= 4 is 11.2 Å². The van der Waals surface area contributed by atoms with Gasteiger partial charge in [-0.3, -0.25) is 4.98 Å². The van der Waals surface area contributed by atoms with Gasteiger partial charge in [0.1, 0.15) is 17.1 Å². The Bertz CT molecular complexity index is 1220. The number of rotatable bonds is 5. The highest BCUT2D eigenvalue weighted by Crippen LogP contribution is 2.30. The van der Waals surface area contributed by atoms with Gasteiger partial charge in [-0.2, -0.15) is 10.2 Å². The third-order valence-electron chi connectivity index (χ3n) is 4.55. The Morgan fingerprint density at radius 3 is 2.82 bits per heavy atom. The summed E-state index contributed by atoms with van der Waals surface area (Å²) in [6.45, 7) is 0.603. The first-order valence-corrected chi connectivity index (χ1v) is 8.80. The lowest BCUT2D eigenvalue weighted by Crippen LogP contribution is -2.02. The minimum Gasteiger partial charge on any atom is -0.497 e. The molecule has 0 bridgehead atoms. The van der Waals surface area contributed by atoms with Gasteiger partial charge in [-0.15, -0.1) is 0 Å². The average Bonchev–Trinajstić information content (AvgIpc) is 3.47. The van der Waals surface area contributed by atoms with Crippen LogP contribution in [0.5, 0.6) is 5.75 Å². The van der Waals surface area contributed by atoms with Crippen molar-refractivity contribution in [2.24, 2.45) is 0 Å². The Kier molecular flexibility index (Phi) is 3.86. The second kappa shape index (κ2) is 6.66. The van der Waals surface area contributed by atoms with Crippen molar-refractivity contribution in [3.05, 3.63) is 72.9 Å². The minimum atomic E-state index is 0.603. The van der Waals surface area contributed by atoms with Crippen molar-refractivity contribution in [2.75, 3.05) is 7.11 Å². The maximum absolute atomic E-state index is 5.41. The monoisotopic (exact) mass is 371 g/mol. The molecule has 28 heavy (non-hydrogen) atoms. The molecule has 1 N–H and O–H groups in total. The van der Waals surface area contributed by atoms with E-state index < -0.39 is 0 Å². The van der Waals surface area contributed by atoms with Crippen LogP contribution in [0.4, 0.5) is 0 Å². The molecule has 0 aliphatic rings. The third-order valence-corrected chi connectivity index (χ3v) is 4.55. The molecule has 0 saturated carbocycles. The predicted molar refractivity (Wildman–Crippen MR) is 104 cm³/mol. The van der Waals surface area contributed by atoms with Crippen LogP contribution in [-0.4, -0.2) is 41.6 Å². The van der Waals surface area contributed by atoms with E-state index in [2.05, 4.69) is 20.2 Å². The van der Waals surface area contributed by atoms with Crippen LogP contribution in [0.2, 0.25) is 0 Å².